The van der Waals surface area contributed by atoms with E-state index in [0.717, 1.165) is 22.7 Å². The van der Waals surface area contributed by atoms with Gasteiger partial charge in [0.1, 0.15) is 27.8 Å². The number of nitrogens with one attached hydrogen (secondary N) is 1. The van der Waals surface area contributed by atoms with Crippen molar-refractivity contribution in [3.8, 4) is 17.0 Å². The SMILES string of the molecule is O=C(Oc1cccc(-c2nc3ccccn3c2NC2CCCCC2)c1)c1cccs1. The van der Waals surface area contributed by atoms with E-state index in [1.54, 1.807) is 12.1 Å². The molecule has 1 aliphatic carbocycles. The Morgan fingerprint density at radius 2 is 1.97 bits per heavy atom. The fourth-order valence-electron chi connectivity index (χ4n) is 4.03. The van der Waals surface area contributed by atoms with E-state index in [4.69, 9.17) is 9.72 Å². The van der Waals surface area contributed by atoms with Crippen LogP contribution in [0.4, 0.5) is 5.82 Å². The van der Waals surface area contributed by atoms with Gasteiger partial charge in [-0.05, 0) is 48.6 Å². The first-order valence-corrected chi connectivity index (χ1v) is 11.3. The van der Waals surface area contributed by atoms with Crippen LogP contribution in [0.5, 0.6) is 5.75 Å². The minimum absolute atomic E-state index is 0.335. The van der Waals surface area contributed by atoms with E-state index < -0.39 is 0 Å². The van der Waals surface area contributed by atoms with Crippen molar-refractivity contribution in [2.45, 2.75) is 38.1 Å². The number of imidazole rings is 1. The number of nitrogens with zero attached hydrogens (tertiary/aromatic N) is 2. The zero-order chi connectivity index (χ0) is 20.3. The molecule has 4 aromatic rings. The van der Waals surface area contributed by atoms with Crippen LogP contribution in [0.1, 0.15) is 41.8 Å². The van der Waals surface area contributed by atoms with Gasteiger partial charge in [-0.2, -0.15) is 0 Å². The van der Waals surface area contributed by atoms with Crippen LogP contribution in [0.2, 0.25) is 0 Å². The largest absolute Gasteiger partial charge is 0.422 e. The van der Waals surface area contributed by atoms with Crippen LogP contribution < -0.4 is 10.1 Å². The van der Waals surface area contributed by atoms with E-state index in [-0.39, 0.29) is 5.97 Å². The maximum atomic E-state index is 12.3. The van der Waals surface area contributed by atoms with Gasteiger partial charge in [0, 0.05) is 17.8 Å². The monoisotopic (exact) mass is 417 g/mol. The molecule has 30 heavy (non-hydrogen) atoms. The third-order valence-corrected chi connectivity index (χ3v) is 6.37. The summed E-state index contributed by atoms with van der Waals surface area (Å²) < 4.78 is 7.71. The topological polar surface area (TPSA) is 55.6 Å². The van der Waals surface area contributed by atoms with Crippen molar-refractivity contribution in [2.75, 3.05) is 5.32 Å². The Kier molecular flexibility index (Phi) is 5.24. The van der Waals surface area contributed by atoms with Crippen molar-refractivity contribution in [1.29, 1.82) is 0 Å². The van der Waals surface area contributed by atoms with Crippen LogP contribution in [0.15, 0.2) is 66.2 Å². The van der Waals surface area contributed by atoms with Gasteiger partial charge < -0.3 is 10.1 Å². The molecule has 1 aliphatic rings. The lowest BCUT2D eigenvalue weighted by atomic mass is 9.95. The number of esters is 1. The van der Waals surface area contributed by atoms with Gasteiger partial charge in [0.15, 0.2) is 0 Å². The summed E-state index contributed by atoms with van der Waals surface area (Å²) in [5.74, 6) is 1.18. The molecule has 6 heteroatoms. The highest BCUT2D eigenvalue weighted by molar-refractivity contribution is 7.12. The number of thiophene rings is 1. The number of anilines is 1. The Hall–Kier alpha value is -3.12. The Labute approximate surface area is 179 Å². The average molecular weight is 418 g/mol. The lowest BCUT2D eigenvalue weighted by Crippen LogP contribution is -2.23. The third kappa shape index (κ3) is 3.83. The second-order valence-corrected chi connectivity index (χ2v) is 8.56. The Bertz CT molecular complexity index is 1160. The van der Waals surface area contributed by atoms with Crippen molar-refractivity contribution in [3.63, 3.8) is 0 Å². The molecule has 1 saturated carbocycles. The molecule has 0 bridgehead atoms. The Balaban J connectivity index is 1.49. The molecule has 3 aromatic heterocycles. The molecular weight excluding hydrogens is 394 g/mol. The smallest absolute Gasteiger partial charge is 0.353 e. The molecule has 0 aliphatic heterocycles. The van der Waals surface area contributed by atoms with Crippen LogP contribution in [0.3, 0.4) is 0 Å². The zero-order valence-corrected chi connectivity index (χ0v) is 17.4. The van der Waals surface area contributed by atoms with E-state index in [2.05, 4.69) is 9.72 Å². The second-order valence-electron chi connectivity index (χ2n) is 7.61. The standard InChI is InChI=1S/C24H23N3O2S/c28-24(20-12-7-15-30-20)29-19-11-6-8-17(16-19)22-23(25-18-9-2-1-3-10-18)27-14-5-4-13-21(27)26-22/h4-8,11-16,18,25H,1-3,9-10H2. The van der Waals surface area contributed by atoms with Crippen molar-refractivity contribution >= 4 is 28.8 Å². The first-order chi connectivity index (χ1) is 14.8. The molecule has 5 rings (SSSR count). The van der Waals surface area contributed by atoms with E-state index in [0.29, 0.717) is 16.7 Å². The summed E-state index contributed by atoms with van der Waals surface area (Å²) >= 11 is 1.38. The normalized spacial score (nSPS) is 14.7. The number of fused-ring (bicyclic) bond motifs is 1. The first-order valence-electron chi connectivity index (χ1n) is 10.4. The maximum absolute atomic E-state index is 12.3. The minimum atomic E-state index is -0.335. The molecule has 3 heterocycles. The van der Waals surface area contributed by atoms with E-state index in [1.165, 1.54) is 43.4 Å². The van der Waals surface area contributed by atoms with Gasteiger partial charge in [0.2, 0.25) is 0 Å². The highest BCUT2D eigenvalue weighted by atomic mass is 32.1. The molecule has 1 N–H and O–H groups in total. The van der Waals surface area contributed by atoms with Crippen LogP contribution in [0, 0.1) is 0 Å². The molecule has 0 saturated heterocycles. The number of rotatable bonds is 5. The summed E-state index contributed by atoms with van der Waals surface area (Å²) in [4.78, 5) is 17.8. The molecular formula is C24H23N3O2S. The van der Waals surface area contributed by atoms with Gasteiger partial charge in [-0.15, -0.1) is 11.3 Å². The molecule has 0 spiro atoms. The van der Waals surface area contributed by atoms with Crippen LogP contribution in [-0.2, 0) is 0 Å². The predicted octanol–water partition coefficient (Wildman–Crippen LogP) is 6.03. The molecule has 0 unspecified atom stereocenters. The molecule has 5 nitrogen and oxygen atoms in total. The number of ether oxygens (including phenoxy) is 1. The number of carbonyl (C=O) groups excluding carboxylic acids is 1. The van der Waals surface area contributed by atoms with Gasteiger partial charge in [-0.25, -0.2) is 9.78 Å². The number of aromatic nitrogens is 2. The third-order valence-electron chi connectivity index (χ3n) is 5.52. The van der Waals surface area contributed by atoms with Crippen molar-refractivity contribution in [2.24, 2.45) is 0 Å². The molecule has 1 fully saturated rings. The fourth-order valence-corrected chi connectivity index (χ4v) is 4.63. The summed E-state index contributed by atoms with van der Waals surface area (Å²) in [6.07, 6.45) is 8.24. The van der Waals surface area contributed by atoms with Gasteiger partial charge >= 0.3 is 5.97 Å². The number of hydrogen-bond donors (Lipinski definition) is 1. The zero-order valence-electron chi connectivity index (χ0n) is 16.6. The quantitative estimate of drug-likeness (QED) is 0.318. The summed E-state index contributed by atoms with van der Waals surface area (Å²) in [5.41, 5.74) is 2.70. The molecule has 152 valence electrons. The van der Waals surface area contributed by atoms with Gasteiger partial charge in [-0.3, -0.25) is 4.40 Å². The number of pyridine rings is 1. The fraction of sp³-hybridized carbons (Fsp3) is 0.250. The number of hydrogen-bond acceptors (Lipinski definition) is 5. The molecule has 0 amide bonds. The van der Waals surface area contributed by atoms with Crippen LogP contribution >= 0.6 is 11.3 Å². The van der Waals surface area contributed by atoms with Crippen molar-refractivity contribution in [1.82, 2.24) is 9.38 Å². The lowest BCUT2D eigenvalue weighted by Gasteiger charge is -2.24. The van der Waals surface area contributed by atoms with E-state index >= 15 is 0 Å². The van der Waals surface area contributed by atoms with E-state index in [1.807, 2.05) is 54.0 Å². The second kappa shape index (κ2) is 8.32. The van der Waals surface area contributed by atoms with Crippen LogP contribution in [-0.4, -0.2) is 21.4 Å². The lowest BCUT2D eigenvalue weighted by molar-refractivity contribution is 0.0740. The molecule has 1 aromatic carbocycles. The number of carbonyl (C=O) groups is 1. The summed E-state index contributed by atoms with van der Waals surface area (Å²) in [6.45, 7) is 0. The maximum Gasteiger partial charge on any atom is 0.353 e. The summed E-state index contributed by atoms with van der Waals surface area (Å²) in [7, 11) is 0. The highest BCUT2D eigenvalue weighted by Gasteiger charge is 2.20. The number of benzene rings is 1. The summed E-state index contributed by atoms with van der Waals surface area (Å²) in [6, 6.07) is 17.7. The minimum Gasteiger partial charge on any atom is -0.422 e. The average Bonchev–Trinajstić information content (AvgIpc) is 3.44. The van der Waals surface area contributed by atoms with Crippen LogP contribution in [0.25, 0.3) is 16.9 Å². The van der Waals surface area contributed by atoms with Gasteiger partial charge in [0.05, 0.1) is 0 Å². The molecule has 0 atom stereocenters. The highest BCUT2D eigenvalue weighted by Crippen LogP contribution is 2.33. The van der Waals surface area contributed by atoms with Gasteiger partial charge in [0.25, 0.3) is 0 Å². The Morgan fingerprint density at radius 1 is 1.07 bits per heavy atom. The van der Waals surface area contributed by atoms with Gasteiger partial charge in [-0.1, -0.05) is 43.5 Å². The Morgan fingerprint density at radius 3 is 2.80 bits per heavy atom. The molecule has 0 radical (unpaired) electrons. The summed E-state index contributed by atoms with van der Waals surface area (Å²) in [5, 5.41) is 5.62. The van der Waals surface area contributed by atoms with E-state index in [9.17, 15) is 4.79 Å². The van der Waals surface area contributed by atoms with Crippen molar-refractivity contribution in [3.05, 3.63) is 71.1 Å². The predicted molar refractivity (Wildman–Crippen MR) is 120 cm³/mol. The van der Waals surface area contributed by atoms with Crippen molar-refractivity contribution < 1.29 is 9.53 Å². The first kappa shape index (κ1) is 18.9.